The van der Waals surface area contributed by atoms with Crippen LogP contribution in [0, 0.1) is 6.92 Å². The predicted molar refractivity (Wildman–Crippen MR) is 57.3 cm³/mol. The lowest BCUT2D eigenvalue weighted by molar-refractivity contribution is 0.0694. The third-order valence-corrected chi connectivity index (χ3v) is 2.45. The van der Waals surface area contributed by atoms with Gasteiger partial charge in [-0.1, -0.05) is 18.2 Å². The number of carboxylic acids is 1. The molecule has 0 unspecified atom stereocenters. The fraction of sp³-hybridized carbons (Fsp3) is 0.0833. The Kier molecular flexibility index (Phi) is 2.08. The summed E-state index contributed by atoms with van der Waals surface area (Å²) >= 11 is 0. The number of fused-ring (bicyclic) bond motifs is 1. The summed E-state index contributed by atoms with van der Waals surface area (Å²) < 4.78 is 0. The molecule has 3 nitrogen and oxygen atoms in total. The molecule has 2 N–H and O–H groups in total. The lowest BCUT2D eigenvalue weighted by Gasteiger charge is -2.05. The molecule has 0 saturated heterocycles. The van der Waals surface area contributed by atoms with E-state index in [1.165, 1.54) is 12.1 Å². The summed E-state index contributed by atoms with van der Waals surface area (Å²) in [5, 5.41) is 20.0. The maximum atomic E-state index is 10.8. The van der Waals surface area contributed by atoms with Gasteiger partial charge >= 0.3 is 5.97 Å². The molecule has 0 saturated carbocycles. The molecular weight excluding hydrogens is 192 g/mol. The zero-order chi connectivity index (χ0) is 11.0. The minimum Gasteiger partial charge on any atom is -0.507 e. The van der Waals surface area contributed by atoms with Crippen LogP contribution in [0.3, 0.4) is 0 Å². The van der Waals surface area contributed by atoms with Gasteiger partial charge in [0.25, 0.3) is 0 Å². The molecule has 0 aliphatic carbocycles. The molecule has 2 aromatic carbocycles. The molecular formula is C12H10O3. The molecule has 76 valence electrons. The first-order valence-corrected chi connectivity index (χ1v) is 4.55. The van der Waals surface area contributed by atoms with Crippen LogP contribution in [0.5, 0.6) is 5.75 Å². The second-order valence-electron chi connectivity index (χ2n) is 3.47. The highest BCUT2D eigenvalue weighted by Crippen LogP contribution is 2.26. The molecule has 0 atom stereocenters. The number of aromatic hydroxyl groups is 1. The van der Waals surface area contributed by atoms with Crippen molar-refractivity contribution in [1.29, 1.82) is 0 Å². The predicted octanol–water partition coefficient (Wildman–Crippen LogP) is 2.55. The van der Waals surface area contributed by atoms with Gasteiger partial charge in [0.2, 0.25) is 0 Å². The van der Waals surface area contributed by atoms with Crippen LogP contribution in [0.1, 0.15) is 15.9 Å². The Morgan fingerprint density at radius 1 is 1.27 bits per heavy atom. The molecule has 0 aliphatic rings. The number of hydrogen-bond donors (Lipinski definition) is 2. The van der Waals surface area contributed by atoms with Crippen LogP contribution in [-0.2, 0) is 0 Å². The van der Waals surface area contributed by atoms with E-state index in [0.717, 1.165) is 16.3 Å². The number of phenols is 1. The Morgan fingerprint density at radius 3 is 2.67 bits per heavy atom. The van der Waals surface area contributed by atoms with E-state index in [4.69, 9.17) is 5.11 Å². The normalized spacial score (nSPS) is 10.5. The standard InChI is InChI=1S/C12H10O3/c1-7-3-2-4-8-5-11(13)10(12(14)15)6-9(7)8/h2-6,13H,1H3,(H,14,15). The van der Waals surface area contributed by atoms with E-state index in [2.05, 4.69) is 0 Å². The maximum Gasteiger partial charge on any atom is 0.339 e. The lowest BCUT2D eigenvalue weighted by atomic mass is 10.0. The van der Waals surface area contributed by atoms with Gasteiger partial charge in [0.15, 0.2) is 0 Å². The fourth-order valence-corrected chi connectivity index (χ4v) is 1.64. The van der Waals surface area contributed by atoms with Crippen molar-refractivity contribution in [1.82, 2.24) is 0 Å². The van der Waals surface area contributed by atoms with Gasteiger partial charge in [-0.2, -0.15) is 0 Å². The van der Waals surface area contributed by atoms with Crippen LogP contribution < -0.4 is 0 Å². The van der Waals surface area contributed by atoms with Crippen molar-refractivity contribution in [3.63, 3.8) is 0 Å². The van der Waals surface area contributed by atoms with Crippen molar-refractivity contribution in [3.8, 4) is 5.75 Å². The van der Waals surface area contributed by atoms with Gasteiger partial charge in [0.05, 0.1) is 0 Å². The van der Waals surface area contributed by atoms with Gasteiger partial charge in [0, 0.05) is 0 Å². The lowest BCUT2D eigenvalue weighted by Crippen LogP contribution is -1.96. The molecule has 0 fully saturated rings. The van der Waals surface area contributed by atoms with Gasteiger partial charge in [-0.3, -0.25) is 0 Å². The molecule has 0 amide bonds. The molecule has 0 aliphatic heterocycles. The summed E-state index contributed by atoms with van der Waals surface area (Å²) in [4.78, 5) is 10.8. The van der Waals surface area contributed by atoms with E-state index in [-0.39, 0.29) is 11.3 Å². The van der Waals surface area contributed by atoms with Gasteiger partial charge in [0.1, 0.15) is 11.3 Å². The van der Waals surface area contributed by atoms with Gasteiger partial charge in [-0.05, 0) is 35.4 Å². The second-order valence-corrected chi connectivity index (χ2v) is 3.47. The van der Waals surface area contributed by atoms with Gasteiger partial charge in [-0.15, -0.1) is 0 Å². The van der Waals surface area contributed by atoms with Crippen LogP contribution in [0.2, 0.25) is 0 Å². The number of carbonyl (C=O) groups is 1. The van der Waals surface area contributed by atoms with Crippen LogP contribution in [-0.4, -0.2) is 16.2 Å². The number of aryl methyl sites for hydroxylation is 1. The van der Waals surface area contributed by atoms with Crippen molar-refractivity contribution in [3.05, 3.63) is 41.5 Å². The minimum atomic E-state index is -1.11. The average Bonchev–Trinajstić information content (AvgIpc) is 2.16. The average molecular weight is 202 g/mol. The molecule has 2 rings (SSSR count). The molecule has 2 aromatic rings. The number of benzene rings is 2. The monoisotopic (exact) mass is 202 g/mol. The fourth-order valence-electron chi connectivity index (χ4n) is 1.64. The smallest absolute Gasteiger partial charge is 0.339 e. The second kappa shape index (κ2) is 3.28. The number of carboxylic acid groups (broad SMARTS) is 1. The Labute approximate surface area is 86.6 Å². The summed E-state index contributed by atoms with van der Waals surface area (Å²) in [7, 11) is 0. The Balaban J connectivity index is 2.83. The topological polar surface area (TPSA) is 57.5 Å². The van der Waals surface area contributed by atoms with Crippen LogP contribution >= 0.6 is 0 Å². The quantitative estimate of drug-likeness (QED) is 0.747. The van der Waals surface area contributed by atoms with Crippen molar-refractivity contribution in [2.24, 2.45) is 0 Å². The van der Waals surface area contributed by atoms with E-state index >= 15 is 0 Å². The van der Waals surface area contributed by atoms with Crippen LogP contribution in [0.15, 0.2) is 30.3 Å². The largest absolute Gasteiger partial charge is 0.507 e. The molecule has 0 aromatic heterocycles. The van der Waals surface area contributed by atoms with E-state index in [0.29, 0.717) is 0 Å². The first kappa shape index (κ1) is 9.52. The van der Waals surface area contributed by atoms with Gasteiger partial charge in [-0.25, -0.2) is 4.79 Å². The molecule has 0 bridgehead atoms. The highest BCUT2D eigenvalue weighted by atomic mass is 16.4. The van der Waals surface area contributed by atoms with Crippen molar-refractivity contribution in [2.75, 3.05) is 0 Å². The summed E-state index contributed by atoms with van der Waals surface area (Å²) in [6.45, 7) is 1.91. The van der Waals surface area contributed by atoms with Gasteiger partial charge < -0.3 is 10.2 Å². The van der Waals surface area contributed by atoms with E-state index in [1.807, 2.05) is 25.1 Å². The first-order valence-electron chi connectivity index (χ1n) is 4.55. The van der Waals surface area contributed by atoms with E-state index in [9.17, 15) is 9.90 Å². The van der Waals surface area contributed by atoms with Crippen molar-refractivity contribution < 1.29 is 15.0 Å². The summed E-state index contributed by atoms with van der Waals surface area (Å²) in [6, 6.07) is 8.60. The first-order chi connectivity index (χ1) is 7.09. The van der Waals surface area contributed by atoms with Crippen LogP contribution in [0.4, 0.5) is 0 Å². The van der Waals surface area contributed by atoms with Crippen LogP contribution in [0.25, 0.3) is 10.8 Å². The highest BCUT2D eigenvalue weighted by molar-refractivity contribution is 5.98. The summed E-state index contributed by atoms with van der Waals surface area (Å²) in [5.41, 5.74) is 0.937. The molecule has 0 heterocycles. The summed E-state index contributed by atoms with van der Waals surface area (Å²) in [5.74, 6) is -1.31. The number of hydrogen-bond acceptors (Lipinski definition) is 2. The molecule has 0 radical (unpaired) electrons. The van der Waals surface area contributed by atoms with E-state index in [1.54, 1.807) is 0 Å². The zero-order valence-electron chi connectivity index (χ0n) is 8.19. The Bertz CT molecular complexity index is 544. The third kappa shape index (κ3) is 1.52. The molecule has 15 heavy (non-hydrogen) atoms. The molecule has 3 heteroatoms. The number of rotatable bonds is 1. The SMILES string of the molecule is Cc1cccc2cc(O)c(C(=O)O)cc12. The molecule has 0 spiro atoms. The minimum absolute atomic E-state index is 0.0585. The number of aromatic carboxylic acids is 1. The Morgan fingerprint density at radius 2 is 2.00 bits per heavy atom. The van der Waals surface area contributed by atoms with E-state index < -0.39 is 5.97 Å². The third-order valence-electron chi connectivity index (χ3n) is 2.45. The van der Waals surface area contributed by atoms with Crippen molar-refractivity contribution >= 4 is 16.7 Å². The maximum absolute atomic E-state index is 10.8. The Hall–Kier alpha value is -2.03. The zero-order valence-corrected chi connectivity index (χ0v) is 8.19. The van der Waals surface area contributed by atoms with Crippen molar-refractivity contribution in [2.45, 2.75) is 6.92 Å². The highest BCUT2D eigenvalue weighted by Gasteiger charge is 2.11. The summed E-state index contributed by atoms with van der Waals surface area (Å²) in [6.07, 6.45) is 0.